The van der Waals surface area contributed by atoms with Crippen molar-refractivity contribution in [2.75, 3.05) is 132 Å². The van der Waals surface area contributed by atoms with Crippen LogP contribution in [0.25, 0.3) is 0 Å². The van der Waals surface area contributed by atoms with Gasteiger partial charge >= 0.3 is 0 Å². The number of rotatable bonds is 47. The molecule has 9 amide bonds. The monoisotopic (exact) mass is 1150 g/mol. The molecule has 27 nitrogen and oxygen atoms in total. The molecule has 0 radical (unpaired) electrons. The third kappa shape index (κ3) is 33.5. The molecule has 2 aliphatic heterocycles. The fourth-order valence-corrected chi connectivity index (χ4v) is 8.45. The zero-order valence-electron chi connectivity index (χ0n) is 47.2. The van der Waals surface area contributed by atoms with E-state index in [0.717, 1.165) is 22.6 Å². The Labute approximate surface area is 465 Å². The topological polar surface area (TPSA) is 359 Å². The Kier molecular flexibility index (Phi) is 40.1. The second-order valence-corrected chi connectivity index (χ2v) is 19.6. The number of nitrogens with zero attached hydrogens (tertiary/aromatic N) is 3. The highest BCUT2D eigenvalue weighted by Crippen LogP contribution is 2.38. The van der Waals surface area contributed by atoms with Crippen LogP contribution in [0.5, 0.6) is 0 Å². The number of phosphoric ester groups is 1. The Morgan fingerprint density at radius 3 is 1.56 bits per heavy atom. The fraction of sp³-hybridized carbons (Fsp3) is 0.804. The molecule has 4 unspecified atom stereocenters. The number of ether oxygens (including phenoxy) is 5. The highest BCUT2D eigenvalue weighted by Gasteiger charge is 2.40. The molecule has 0 aromatic rings. The summed E-state index contributed by atoms with van der Waals surface area (Å²) in [7, 11) is -4.27. The second-order valence-electron chi connectivity index (χ2n) is 18.2. The molecule has 0 aromatic heterocycles. The predicted octanol–water partition coefficient (Wildman–Crippen LogP) is -0.112. The van der Waals surface area contributed by atoms with Gasteiger partial charge in [0, 0.05) is 109 Å². The van der Waals surface area contributed by atoms with Crippen molar-refractivity contribution in [2.45, 2.75) is 124 Å². The third-order valence-electron chi connectivity index (χ3n) is 12.1. The molecule has 2 rings (SSSR count). The summed E-state index contributed by atoms with van der Waals surface area (Å²) in [5, 5.41) is 10.8. The molecular weight excluding hydrogens is 1060 g/mol. The molecule has 2 aliphatic rings. The molecule has 2 fully saturated rings. The number of hydrogen-bond donors (Lipinski definition) is 5. The Morgan fingerprint density at radius 2 is 1.06 bits per heavy atom. The maximum Gasteiger partial charge on any atom is 0.267 e. The van der Waals surface area contributed by atoms with Gasteiger partial charge < -0.3 is 69.5 Å². The number of amides is 9. The van der Waals surface area contributed by atoms with Gasteiger partial charge in [0.05, 0.1) is 72.0 Å². The largest absolute Gasteiger partial charge is 0.756 e. The van der Waals surface area contributed by atoms with E-state index in [-0.39, 0.29) is 229 Å². The van der Waals surface area contributed by atoms with Gasteiger partial charge in [-0.2, -0.15) is 0 Å². The number of ketones is 1. The summed E-state index contributed by atoms with van der Waals surface area (Å²) in [4.78, 5) is 139. The van der Waals surface area contributed by atoms with Crippen LogP contribution in [0.2, 0.25) is 0 Å². The van der Waals surface area contributed by atoms with E-state index in [1.165, 1.54) is 4.90 Å². The van der Waals surface area contributed by atoms with Gasteiger partial charge in [0.2, 0.25) is 53.2 Å². The van der Waals surface area contributed by atoms with Gasteiger partial charge in [0.15, 0.2) is 5.78 Å². The Balaban J connectivity index is 0.0000154. The SMILES string of the molecule is CC.CCOP(=O)([O-])OCCCCCCCC(=O)COCC(=O)N(CCNC(=O)CCOCCOCCNC(=O)CCN1C(=O)CC(CC)C1=O)CCNC(=O)CCOCCOCCNC(=O)CCN1C(=O)CC(C(C)N)C1=O. The Hall–Kier alpha value is -4.83. The van der Waals surface area contributed by atoms with E-state index < -0.39 is 32.3 Å². The highest BCUT2D eigenvalue weighted by molar-refractivity contribution is 7.45. The van der Waals surface area contributed by atoms with E-state index in [1.807, 2.05) is 20.8 Å². The van der Waals surface area contributed by atoms with E-state index in [1.54, 1.807) is 13.8 Å². The minimum absolute atomic E-state index is 0.000313. The normalized spacial score (nSPS) is 16.3. The predicted molar refractivity (Wildman–Crippen MR) is 284 cm³/mol. The lowest BCUT2D eigenvalue weighted by Gasteiger charge is -2.23. The minimum atomic E-state index is -4.27. The summed E-state index contributed by atoms with van der Waals surface area (Å²) in [6.07, 6.45) is 4.36. The van der Waals surface area contributed by atoms with Gasteiger partial charge in [0.1, 0.15) is 13.2 Å². The number of carbonyl (C=O) groups excluding carboxylic acids is 10. The Morgan fingerprint density at radius 1 is 0.595 bits per heavy atom. The molecule has 0 saturated carbocycles. The molecule has 28 heteroatoms. The lowest BCUT2D eigenvalue weighted by Crippen LogP contribution is -2.44. The standard InChI is InChI=1S/C49H85N8O19P.C2H6/c1-4-38-33-45(63)56(48(38)66)20-12-41(59)53-18-27-72-31-29-70-25-14-43(61)51-16-22-55(47(65)36-74-35-39(58)11-9-7-6-8-10-24-76-77(68,69)75-5-2)23-17-52-44(62)15-26-71-30-32-73-28-19-54-42(60)13-21-57-46(64)34-40(37(3)50)49(57)67;1-2/h37-38,40H,4-36,50H2,1-3H3,(H,51,61)(H,52,62)(H,53,59)(H,54,60)(H,68,69);1-2H3/p-1. The van der Waals surface area contributed by atoms with Crippen molar-refractivity contribution in [1.82, 2.24) is 36.0 Å². The first kappa shape index (κ1) is 72.2. The van der Waals surface area contributed by atoms with Crippen LogP contribution in [0.15, 0.2) is 0 Å². The summed E-state index contributed by atoms with van der Waals surface area (Å²) in [5.41, 5.74) is 5.78. The number of nitrogens with two attached hydrogens (primary N) is 1. The maximum atomic E-state index is 13.2. The average Bonchev–Trinajstić information content (AvgIpc) is 3.93. The number of unbranched alkanes of at least 4 members (excludes halogenated alkanes) is 4. The fourth-order valence-electron chi connectivity index (χ4n) is 7.70. The van der Waals surface area contributed by atoms with Crippen molar-refractivity contribution >= 4 is 66.8 Å². The smallest absolute Gasteiger partial charge is 0.267 e. The van der Waals surface area contributed by atoms with Crippen molar-refractivity contribution in [3.63, 3.8) is 0 Å². The molecule has 0 spiro atoms. The number of Topliss-reactive ketones (excluding diaryl/α,β-unsaturated/α-hetero) is 1. The molecule has 2 heterocycles. The molecule has 79 heavy (non-hydrogen) atoms. The molecule has 4 atom stereocenters. The first-order valence-corrected chi connectivity index (χ1v) is 29.1. The van der Waals surface area contributed by atoms with E-state index in [4.69, 9.17) is 33.9 Å². The summed E-state index contributed by atoms with van der Waals surface area (Å²) in [6.45, 7) is 10.5. The van der Waals surface area contributed by atoms with Crippen LogP contribution in [0.4, 0.5) is 0 Å². The van der Waals surface area contributed by atoms with Gasteiger partial charge in [0.25, 0.3) is 7.82 Å². The average molecular weight is 1150 g/mol. The lowest BCUT2D eigenvalue weighted by molar-refractivity contribution is -0.225. The van der Waals surface area contributed by atoms with Gasteiger partial charge in [-0.05, 0) is 33.1 Å². The third-order valence-corrected chi connectivity index (χ3v) is 13.2. The van der Waals surface area contributed by atoms with Crippen molar-refractivity contribution in [3.05, 3.63) is 0 Å². The summed E-state index contributed by atoms with van der Waals surface area (Å²) >= 11 is 0. The van der Waals surface area contributed by atoms with Crippen molar-refractivity contribution in [3.8, 4) is 0 Å². The summed E-state index contributed by atoms with van der Waals surface area (Å²) in [5.74, 6) is -4.07. The van der Waals surface area contributed by atoms with Crippen LogP contribution in [-0.2, 0) is 85.2 Å². The van der Waals surface area contributed by atoms with Gasteiger partial charge in [-0.3, -0.25) is 62.3 Å². The van der Waals surface area contributed by atoms with Gasteiger partial charge in [-0.1, -0.05) is 40.0 Å². The molecular formula is C51H90N8O19P-. The lowest BCUT2D eigenvalue weighted by atomic mass is 10.0. The second kappa shape index (κ2) is 43.9. The number of carbonyl (C=O) groups is 10. The number of nitrogens with one attached hydrogen (secondary N) is 4. The van der Waals surface area contributed by atoms with E-state index >= 15 is 0 Å². The summed E-state index contributed by atoms with van der Waals surface area (Å²) in [6, 6.07) is -0.455. The Bertz CT molecular complexity index is 1920. The van der Waals surface area contributed by atoms with Crippen LogP contribution in [0.1, 0.15) is 118 Å². The maximum absolute atomic E-state index is 13.2. The summed E-state index contributed by atoms with van der Waals surface area (Å²) < 4.78 is 48.0. The highest BCUT2D eigenvalue weighted by atomic mass is 31.2. The van der Waals surface area contributed by atoms with E-state index in [2.05, 4.69) is 25.8 Å². The number of likely N-dealkylation sites (tertiary alicyclic amines) is 2. The zero-order valence-corrected chi connectivity index (χ0v) is 48.1. The minimum Gasteiger partial charge on any atom is -0.756 e. The van der Waals surface area contributed by atoms with Crippen molar-refractivity contribution < 1.29 is 90.1 Å². The van der Waals surface area contributed by atoms with Gasteiger partial charge in [-0.25, -0.2) is 0 Å². The number of phosphoric acid groups is 1. The molecule has 2 saturated heterocycles. The molecule has 454 valence electrons. The van der Waals surface area contributed by atoms with Crippen molar-refractivity contribution in [2.24, 2.45) is 17.6 Å². The number of hydrogen-bond acceptors (Lipinski definition) is 20. The number of imide groups is 2. The first-order valence-electron chi connectivity index (χ1n) is 27.7. The van der Waals surface area contributed by atoms with Crippen LogP contribution in [0.3, 0.4) is 0 Å². The van der Waals surface area contributed by atoms with Crippen LogP contribution in [-0.4, -0.2) is 211 Å². The van der Waals surface area contributed by atoms with Gasteiger partial charge in [-0.15, -0.1) is 0 Å². The van der Waals surface area contributed by atoms with Crippen LogP contribution < -0.4 is 31.9 Å². The quantitative estimate of drug-likeness (QED) is 0.0301. The molecule has 0 aromatic carbocycles. The zero-order chi connectivity index (χ0) is 58.9. The molecule has 0 bridgehead atoms. The molecule has 0 aliphatic carbocycles. The van der Waals surface area contributed by atoms with Crippen LogP contribution >= 0.6 is 7.82 Å². The first-order chi connectivity index (χ1) is 37.9. The molecule has 6 N–H and O–H groups in total. The van der Waals surface area contributed by atoms with E-state index in [0.29, 0.717) is 25.7 Å². The van der Waals surface area contributed by atoms with E-state index in [9.17, 15) is 57.4 Å². The van der Waals surface area contributed by atoms with Crippen LogP contribution in [0, 0.1) is 11.8 Å². The van der Waals surface area contributed by atoms with Crippen molar-refractivity contribution in [1.29, 1.82) is 0 Å².